The number of benzene rings is 1. The summed E-state index contributed by atoms with van der Waals surface area (Å²) in [5, 5.41) is 3.39. The molecule has 0 radical (unpaired) electrons. The molecule has 0 aliphatic rings. The number of nitrogens with zero attached hydrogens (tertiary/aromatic N) is 4. The lowest BCUT2D eigenvalue weighted by molar-refractivity contribution is -0.115. The molecule has 2 aromatic heterocycles. The van der Waals surface area contributed by atoms with Crippen LogP contribution < -0.4 is 10.0 Å². The van der Waals surface area contributed by atoms with Crippen LogP contribution in [0.15, 0.2) is 58.8 Å². The minimum Gasteiger partial charge on any atom is -0.326 e. The van der Waals surface area contributed by atoms with Gasteiger partial charge in [0.05, 0.1) is 4.90 Å². The van der Waals surface area contributed by atoms with Gasteiger partial charge in [-0.1, -0.05) is 11.8 Å². The Hall–Kier alpha value is -3.05. The second-order valence-corrected chi connectivity index (χ2v) is 9.03. The fourth-order valence-corrected chi connectivity index (χ4v) is 4.31. The molecule has 3 aromatic rings. The first kappa shape index (κ1) is 21.7. The van der Waals surface area contributed by atoms with Crippen LogP contribution in [0.1, 0.15) is 17.8 Å². The molecule has 1 aromatic carbocycles. The van der Waals surface area contributed by atoms with Gasteiger partial charge in [0.2, 0.25) is 11.9 Å². The third-order valence-electron chi connectivity index (χ3n) is 3.76. The normalized spacial score (nSPS) is 11.1. The van der Waals surface area contributed by atoms with E-state index in [-0.39, 0.29) is 23.2 Å². The van der Waals surface area contributed by atoms with E-state index >= 15 is 0 Å². The van der Waals surface area contributed by atoms with E-state index in [1.54, 1.807) is 6.07 Å². The van der Waals surface area contributed by atoms with Crippen molar-refractivity contribution in [3.05, 3.63) is 60.2 Å². The van der Waals surface area contributed by atoms with Crippen molar-refractivity contribution in [3.63, 3.8) is 0 Å². The van der Waals surface area contributed by atoms with Gasteiger partial charge in [0.15, 0.2) is 5.16 Å². The highest BCUT2D eigenvalue weighted by Crippen LogP contribution is 2.18. The van der Waals surface area contributed by atoms with Crippen molar-refractivity contribution < 1.29 is 13.2 Å². The third-order valence-corrected chi connectivity index (χ3v) is 5.95. The standard InChI is InChI=1S/C19H20N6O3S2/c1-13-12-14(2)23-19(22-13)29-11-8-17(26)24-15-4-6-16(7-5-15)30(27,28)25-18-20-9-3-10-21-18/h3-7,9-10,12H,8,11H2,1-2H3,(H,24,26)(H,20,21,25). The van der Waals surface area contributed by atoms with E-state index in [4.69, 9.17) is 0 Å². The van der Waals surface area contributed by atoms with Crippen molar-refractivity contribution in [1.82, 2.24) is 19.9 Å². The van der Waals surface area contributed by atoms with Crippen LogP contribution in [-0.2, 0) is 14.8 Å². The number of thioether (sulfide) groups is 1. The predicted octanol–water partition coefficient (Wildman–Crippen LogP) is 2.81. The number of aromatic nitrogens is 4. The van der Waals surface area contributed by atoms with Crippen molar-refractivity contribution in [2.24, 2.45) is 0 Å². The second kappa shape index (κ2) is 9.63. The van der Waals surface area contributed by atoms with Crippen LogP contribution in [0, 0.1) is 13.8 Å². The average molecular weight is 445 g/mol. The minimum absolute atomic E-state index is 0.0137. The molecule has 9 nitrogen and oxygen atoms in total. The summed E-state index contributed by atoms with van der Waals surface area (Å²) in [6.07, 6.45) is 3.15. The molecule has 156 valence electrons. The van der Waals surface area contributed by atoms with Crippen LogP contribution in [0.4, 0.5) is 11.6 Å². The number of carbonyl (C=O) groups is 1. The summed E-state index contributed by atoms with van der Waals surface area (Å²) < 4.78 is 27.0. The van der Waals surface area contributed by atoms with Crippen LogP contribution in [0.2, 0.25) is 0 Å². The molecule has 11 heteroatoms. The summed E-state index contributed by atoms with van der Waals surface area (Å²) in [6, 6.07) is 9.33. The van der Waals surface area contributed by atoms with Crippen LogP contribution in [0.3, 0.4) is 0 Å². The Kier molecular flexibility index (Phi) is 6.95. The van der Waals surface area contributed by atoms with Gasteiger partial charge < -0.3 is 5.32 Å². The second-order valence-electron chi connectivity index (χ2n) is 6.28. The molecule has 0 saturated carbocycles. The van der Waals surface area contributed by atoms with E-state index in [2.05, 4.69) is 30.0 Å². The molecule has 2 heterocycles. The van der Waals surface area contributed by atoms with Gasteiger partial charge in [0, 0.05) is 41.6 Å². The Balaban J connectivity index is 1.52. The van der Waals surface area contributed by atoms with Crippen LogP contribution >= 0.6 is 11.8 Å². The summed E-state index contributed by atoms with van der Waals surface area (Å²) in [6.45, 7) is 3.80. The number of hydrogen-bond donors (Lipinski definition) is 2. The van der Waals surface area contributed by atoms with Crippen LogP contribution in [0.5, 0.6) is 0 Å². The molecular formula is C19H20N6O3S2. The molecular weight excluding hydrogens is 424 g/mol. The van der Waals surface area contributed by atoms with E-state index in [0.29, 0.717) is 16.6 Å². The highest BCUT2D eigenvalue weighted by molar-refractivity contribution is 7.99. The number of aryl methyl sites for hydroxylation is 2. The lowest BCUT2D eigenvalue weighted by Crippen LogP contribution is -2.15. The highest BCUT2D eigenvalue weighted by atomic mass is 32.2. The van der Waals surface area contributed by atoms with Crippen LogP contribution in [0.25, 0.3) is 0 Å². The summed E-state index contributed by atoms with van der Waals surface area (Å²) in [5.41, 5.74) is 2.28. The molecule has 0 aliphatic heterocycles. The lowest BCUT2D eigenvalue weighted by Gasteiger charge is -2.08. The van der Waals surface area contributed by atoms with Gasteiger partial charge in [-0.2, -0.15) is 0 Å². The van der Waals surface area contributed by atoms with Crippen molar-refractivity contribution in [3.8, 4) is 0 Å². The number of rotatable bonds is 8. The van der Waals surface area contributed by atoms with Crippen molar-refractivity contribution in [1.29, 1.82) is 0 Å². The summed E-state index contributed by atoms with van der Waals surface area (Å²) >= 11 is 1.41. The van der Waals surface area contributed by atoms with E-state index in [9.17, 15) is 13.2 Å². The van der Waals surface area contributed by atoms with Crippen molar-refractivity contribution in [2.45, 2.75) is 30.3 Å². The number of anilines is 2. The molecule has 30 heavy (non-hydrogen) atoms. The SMILES string of the molecule is Cc1cc(C)nc(SCCC(=O)Nc2ccc(S(=O)(=O)Nc3ncccn3)cc2)n1. The summed E-state index contributed by atoms with van der Waals surface area (Å²) in [5.74, 6) is 0.334. The van der Waals surface area contributed by atoms with Gasteiger partial charge >= 0.3 is 0 Å². The Bertz CT molecular complexity index is 1100. The van der Waals surface area contributed by atoms with Gasteiger partial charge in [-0.3, -0.25) is 4.79 Å². The summed E-state index contributed by atoms with van der Waals surface area (Å²) in [4.78, 5) is 28.5. The Morgan fingerprint density at radius 2 is 1.67 bits per heavy atom. The molecule has 0 aliphatic carbocycles. The van der Waals surface area contributed by atoms with E-state index in [0.717, 1.165) is 11.4 Å². The van der Waals surface area contributed by atoms with E-state index in [1.165, 1.54) is 48.4 Å². The van der Waals surface area contributed by atoms with Gasteiger partial charge in [-0.05, 0) is 50.2 Å². The van der Waals surface area contributed by atoms with Gasteiger partial charge in [0.1, 0.15) is 0 Å². The first-order valence-electron chi connectivity index (χ1n) is 8.97. The molecule has 3 rings (SSSR count). The molecule has 0 atom stereocenters. The smallest absolute Gasteiger partial charge is 0.264 e. The van der Waals surface area contributed by atoms with Crippen molar-refractivity contribution >= 4 is 39.3 Å². The van der Waals surface area contributed by atoms with Crippen LogP contribution in [-0.4, -0.2) is 40.0 Å². The molecule has 0 bridgehead atoms. The van der Waals surface area contributed by atoms with Gasteiger partial charge in [-0.15, -0.1) is 0 Å². The third kappa shape index (κ3) is 6.22. The number of sulfonamides is 1. The first-order valence-corrected chi connectivity index (χ1v) is 11.4. The van der Waals surface area contributed by atoms with Crippen molar-refractivity contribution in [2.75, 3.05) is 15.8 Å². The minimum atomic E-state index is -3.82. The Morgan fingerprint density at radius 1 is 1.03 bits per heavy atom. The highest BCUT2D eigenvalue weighted by Gasteiger charge is 2.15. The zero-order valence-corrected chi connectivity index (χ0v) is 18.0. The quantitative estimate of drug-likeness (QED) is 0.401. The fourth-order valence-electron chi connectivity index (χ4n) is 2.46. The number of hydrogen-bond acceptors (Lipinski definition) is 8. The summed E-state index contributed by atoms with van der Waals surface area (Å²) in [7, 11) is -3.82. The molecule has 0 spiro atoms. The molecule has 0 saturated heterocycles. The largest absolute Gasteiger partial charge is 0.326 e. The van der Waals surface area contributed by atoms with Gasteiger partial charge in [-0.25, -0.2) is 33.1 Å². The lowest BCUT2D eigenvalue weighted by atomic mass is 10.3. The number of amides is 1. The molecule has 2 N–H and O–H groups in total. The zero-order valence-electron chi connectivity index (χ0n) is 16.4. The number of carbonyl (C=O) groups excluding carboxylic acids is 1. The maximum Gasteiger partial charge on any atom is 0.264 e. The predicted molar refractivity (Wildman–Crippen MR) is 115 cm³/mol. The topological polar surface area (TPSA) is 127 Å². The number of nitrogens with one attached hydrogen (secondary N) is 2. The first-order chi connectivity index (χ1) is 14.3. The fraction of sp³-hybridized carbons (Fsp3) is 0.211. The average Bonchev–Trinajstić information content (AvgIpc) is 2.68. The monoisotopic (exact) mass is 444 g/mol. The molecule has 0 fully saturated rings. The maximum atomic E-state index is 12.4. The Morgan fingerprint density at radius 3 is 2.30 bits per heavy atom. The molecule has 0 unspecified atom stereocenters. The van der Waals surface area contributed by atoms with E-state index < -0.39 is 10.0 Å². The molecule has 1 amide bonds. The maximum absolute atomic E-state index is 12.4. The zero-order chi connectivity index (χ0) is 21.6. The van der Waals surface area contributed by atoms with Gasteiger partial charge in [0.25, 0.3) is 10.0 Å². The Labute approximate surface area is 178 Å². The van der Waals surface area contributed by atoms with E-state index in [1.807, 2.05) is 19.9 Å².